The van der Waals surface area contributed by atoms with Gasteiger partial charge in [0.15, 0.2) is 17.3 Å². The molecule has 2 aromatic heterocycles. The highest BCUT2D eigenvalue weighted by Crippen LogP contribution is 2.33. The third-order valence-corrected chi connectivity index (χ3v) is 6.12. The molecule has 10 nitrogen and oxygen atoms in total. The summed E-state index contributed by atoms with van der Waals surface area (Å²) in [6.07, 6.45) is 0. The summed E-state index contributed by atoms with van der Waals surface area (Å²) in [6.45, 7) is 3.63. The number of hydrogen-bond acceptors (Lipinski definition) is 9. The number of nitrogens with two attached hydrogens (primary N) is 1. The number of methoxy groups -OCH3 is 1. The van der Waals surface area contributed by atoms with Gasteiger partial charge in [0.2, 0.25) is 11.9 Å². The van der Waals surface area contributed by atoms with Crippen LogP contribution in [0.25, 0.3) is 22.3 Å². The number of carbonyl (C=O) groups excluding carboxylic acids is 1. The number of carbonyl (C=O) groups is 1. The lowest BCUT2D eigenvalue weighted by atomic mass is 10.1. The SMILES string of the molecule is COc1cc(-c2ccc3nc(N)nc(N4CCNCC4C(=O)Nc4cccc(C)c4)c3n2)ccc1O. The predicted molar refractivity (Wildman–Crippen MR) is 139 cm³/mol. The van der Waals surface area contributed by atoms with Crippen LogP contribution in [-0.4, -0.2) is 58.8 Å². The van der Waals surface area contributed by atoms with E-state index in [1.165, 1.54) is 7.11 Å². The predicted octanol–water partition coefficient (Wildman–Crippen LogP) is 2.71. The molecule has 10 heteroatoms. The highest BCUT2D eigenvalue weighted by Gasteiger charge is 2.32. The Kier molecular flexibility index (Phi) is 6.26. The maximum atomic E-state index is 13.3. The van der Waals surface area contributed by atoms with Crippen LogP contribution in [0, 0.1) is 6.92 Å². The molecule has 184 valence electrons. The highest BCUT2D eigenvalue weighted by molar-refractivity contribution is 5.99. The van der Waals surface area contributed by atoms with Crippen molar-refractivity contribution in [3.05, 3.63) is 60.2 Å². The van der Waals surface area contributed by atoms with Gasteiger partial charge in [-0.1, -0.05) is 12.1 Å². The van der Waals surface area contributed by atoms with Crippen LogP contribution in [0.15, 0.2) is 54.6 Å². The van der Waals surface area contributed by atoms with Gasteiger partial charge in [0, 0.05) is 30.9 Å². The van der Waals surface area contributed by atoms with E-state index in [1.807, 2.05) is 48.2 Å². The third-order valence-electron chi connectivity index (χ3n) is 6.12. The van der Waals surface area contributed by atoms with Crippen molar-refractivity contribution in [2.45, 2.75) is 13.0 Å². The van der Waals surface area contributed by atoms with Gasteiger partial charge in [0.05, 0.1) is 18.3 Å². The zero-order valence-electron chi connectivity index (χ0n) is 20.0. The molecule has 1 aliphatic heterocycles. The smallest absolute Gasteiger partial charge is 0.248 e. The summed E-state index contributed by atoms with van der Waals surface area (Å²) in [5, 5.41) is 16.3. The second-order valence-corrected chi connectivity index (χ2v) is 8.63. The number of phenols is 1. The first-order valence-corrected chi connectivity index (χ1v) is 11.6. The Bertz CT molecular complexity index is 1440. The average Bonchev–Trinajstić information content (AvgIpc) is 2.88. The lowest BCUT2D eigenvalue weighted by molar-refractivity contribution is -0.117. The van der Waals surface area contributed by atoms with Crippen LogP contribution in [-0.2, 0) is 4.79 Å². The molecule has 0 aliphatic carbocycles. The van der Waals surface area contributed by atoms with E-state index in [9.17, 15) is 9.90 Å². The molecule has 0 bridgehead atoms. The largest absolute Gasteiger partial charge is 0.504 e. The highest BCUT2D eigenvalue weighted by atomic mass is 16.5. The van der Waals surface area contributed by atoms with Gasteiger partial charge in [-0.15, -0.1) is 0 Å². The second kappa shape index (κ2) is 9.67. The van der Waals surface area contributed by atoms with Crippen LogP contribution in [0.4, 0.5) is 17.5 Å². The molecule has 0 radical (unpaired) electrons. The minimum absolute atomic E-state index is 0.0436. The molecule has 0 saturated carbocycles. The van der Waals surface area contributed by atoms with E-state index in [0.717, 1.165) is 16.8 Å². The molecule has 36 heavy (non-hydrogen) atoms. The number of amides is 1. The number of nitrogens with one attached hydrogen (secondary N) is 2. The Morgan fingerprint density at radius 2 is 2.03 bits per heavy atom. The molecule has 0 spiro atoms. The molecule has 1 atom stereocenters. The molecule has 1 amide bonds. The Morgan fingerprint density at radius 1 is 1.17 bits per heavy atom. The number of rotatable bonds is 5. The first kappa shape index (κ1) is 23.3. The lowest BCUT2D eigenvalue weighted by Gasteiger charge is -2.36. The van der Waals surface area contributed by atoms with Crippen molar-refractivity contribution in [2.75, 3.05) is 42.7 Å². The summed E-state index contributed by atoms with van der Waals surface area (Å²) in [7, 11) is 1.49. The molecule has 2 aromatic carbocycles. The zero-order chi connectivity index (χ0) is 25.2. The van der Waals surface area contributed by atoms with Crippen LogP contribution in [0.5, 0.6) is 11.5 Å². The molecule has 4 aromatic rings. The summed E-state index contributed by atoms with van der Waals surface area (Å²) in [5.74, 6) is 0.837. The zero-order valence-corrected chi connectivity index (χ0v) is 20.0. The number of phenolic OH excluding ortho intramolecular Hbond substituents is 1. The molecular formula is C26H27N7O3. The van der Waals surface area contributed by atoms with Gasteiger partial charge in [-0.05, 0) is 55.0 Å². The quantitative estimate of drug-likeness (QED) is 0.336. The molecular weight excluding hydrogens is 458 g/mol. The molecule has 5 N–H and O–H groups in total. The molecule has 1 aliphatic rings. The van der Waals surface area contributed by atoms with Crippen LogP contribution < -0.4 is 26.0 Å². The van der Waals surface area contributed by atoms with Gasteiger partial charge in [-0.2, -0.15) is 4.98 Å². The maximum absolute atomic E-state index is 13.3. The fourth-order valence-electron chi connectivity index (χ4n) is 4.35. The number of nitrogen functional groups attached to an aromatic ring is 1. The second-order valence-electron chi connectivity index (χ2n) is 8.63. The number of benzene rings is 2. The summed E-state index contributed by atoms with van der Waals surface area (Å²) in [5.41, 5.74) is 10.4. The first-order valence-electron chi connectivity index (χ1n) is 11.6. The molecule has 1 fully saturated rings. The topological polar surface area (TPSA) is 139 Å². The number of pyridine rings is 1. The number of aromatic nitrogens is 3. The number of ether oxygens (including phenoxy) is 1. The number of anilines is 3. The van der Waals surface area contributed by atoms with Crippen molar-refractivity contribution in [2.24, 2.45) is 0 Å². The van der Waals surface area contributed by atoms with Crippen molar-refractivity contribution in [3.63, 3.8) is 0 Å². The number of piperazine rings is 1. The average molecular weight is 486 g/mol. The summed E-state index contributed by atoms with van der Waals surface area (Å²) < 4.78 is 5.25. The standard InChI is InChI=1S/C26H27N7O3/c1-15-4-3-5-17(12-15)29-25(35)20-14-28-10-11-33(20)24-23-19(31-26(27)32-24)8-7-18(30-23)16-6-9-21(34)22(13-16)36-2/h3-9,12-13,20,28,34H,10-11,14H2,1-2H3,(H,29,35)(H2,27,31,32). The van der Waals surface area contributed by atoms with Gasteiger partial charge in [-0.25, -0.2) is 9.97 Å². The van der Waals surface area contributed by atoms with E-state index >= 15 is 0 Å². The minimum Gasteiger partial charge on any atom is -0.504 e. The lowest BCUT2D eigenvalue weighted by Crippen LogP contribution is -2.57. The first-order chi connectivity index (χ1) is 17.4. The Balaban J connectivity index is 1.55. The van der Waals surface area contributed by atoms with Crippen molar-refractivity contribution in [1.82, 2.24) is 20.3 Å². The summed E-state index contributed by atoms with van der Waals surface area (Å²) >= 11 is 0. The van der Waals surface area contributed by atoms with E-state index in [4.69, 9.17) is 15.5 Å². The van der Waals surface area contributed by atoms with E-state index < -0.39 is 6.04 Å². The van der Waals surface area contributed by atoms with E-state index in [1.54, 1.807) is 18.2 Å². The van der Waals surface area contributed by atoms with Crippen LogP contribution in [0.2, 0.25) is 0 Å². The van der Waals surface area contributed by atoms with E-state index in [2.05, 4.69) is 20.6 Å². The van der Waals surface area contributed by atoms with Crippen LogP contribution in [0.3, 0.4) is 0 Å². The molecule has 1 saturated heterocycles. The van der Waals surface area contributed by atoms with Gasteiger partial charge in [0.1, 0.15) is 11.6 Å². The summed E-state index contributed by atoms with van der Waals surface area (Å²) in [6, 6.07) is 15.8. The van der Waals surface area contributed by atoms with Crippen LogP contribution >= 0.6 is 0 Å². The van der Waals surface area contributed by atoms with E-state index in [0.29, 0.717) is 47.9 Å². The van der Waals surface area contributed by atoms with Gasteiger partial charge in [-0.3, -0.25) is 4.79 Å². The van der Waals surface area contributed by atoms with Crippen molar-refractivity contribution < 1.29 is 14.6 Å². The van der Waals surface area contributed by atoms with Crippen molar-refractivity contribution in [3.8, 4) is 22.8 Å². The number of hydrogen-bond donors (Lipinski definition) is 4. The van der Waals surface area contributed by atoms with Crippen molar-refractivity contribution >= 4 is 34.4 Å². The molecule has 5 rings (SSSR count). The number of nitrogens with zero attached hydrogens (tertiary/aromatic N) is 4. The number of aromatic hydroxyl groups is 1. The summed E-state index contributed by atoms with van der Waals surface area (Å²) in [4.78, 5) is 29.0. The number of aryl methyl sites for hydroxylation is 1. The molecule has 1 unspecified atom stereocenters. The monoisotopic (exact) mass is 485 g/mol. The van der Waals surface area contributed by atoms with E-state index in [-0.39, 0.29) is 17.6 Å². The Labute approximate surface area is 208 Å². The van der Waals surface area contributed by atoms with Gasteiger partial charge < -0.3 is 31.1 Å². The third kappa shape index (κ3) is 4.58. The van der Waals surface area contributed by atoms with Gasteiger partial charge in [0.25, 0.3) is 0 Å². The van der Waals surface area contributed by atoms with Crippen molar-refractivity contribution in [1.29, 1.82) is 0 Å². The van der Waals surface area contributed by atoms with Gasteiger partial charge >= 0.3 is 0 Å². The molecule has 3 heterocycles. The Morgan fingerprint density at radius 3 is 2.83 bits per heavy atom. The maximum Gasteiger partial charge on any atom is 0.248 e. The Hall–Kier alpha value is -4.44. The normalized spacial score (nSPS) is 15.6. The van der Waals surface area contributed by atoms with Crippen LogP contribution in [0.1, 0.15) is 5.56 Å². The minimum atomic E-state index is -0.531. The number of fused-ring (bicyclic) bond motifs is 1. The fraction of sp³-hybridized carbons (Fsp3) is 0.231. The fourth-order valence-corrected chi connectivity index (χ4v) is 4.35.